The number of ether oxygens (including phenoxy) is 3. The lowest BCUT2D eigenvalue weighted by molar-refractivity contribution is -0.102. The topological polar surface area (TPSA) is 279 Å². The summed E-state index contributed by atoms with van der Waals surface area (Å²) in [5.74, 6) is 6.61. The molecule has 2 aromatic carbocycles. The van der Waals surface area contributed by atoms with Crippen molar-refractivity contribution in [2.75, 3.05) is 77.8 Å². The maximum absolute atomic E-state index is 12.2. The highest BCUT2D eigenvalue weighted by molar-refractivity contribution is 6.33. The van der Waals surface area contributed by atoms with E-state index in [0.29, 0.717) is 95.2 Å². The normalized spacial score (nSPS) is 13.2. The number of morpholine rings is 1. The van der Waals surface area contributed by atoms with E-state index in [9.17, 15) is 19.2 Å². The van der Waals surface area contributed by atoms with Crippen molar-refractivity contribution in [1.82, 2.24) is 39.2 Å². The number of aliphatic imine (C=N–C) groups is 1. The molecule has 350 valence electrons. The Hall–Kier alpha value is -7.10. The van der Waals surface area contributed by atoms with Gasteiger partial charge in [-0.05, 0) is 70.5 Å². The summed E-state index contributed by atoms with van der Waals surface area (Å²) < 4.78 is 22.9. The molecule has 1 aliphatic rings. The van der Waals surface area contributed by atoms with Gasteiger partial charge in [0.15, 0.2) is 12.6 Å². The molecule has 21 nitrogen and oxygen atoms in total. The number of methoxy groups -OCH3 is 1. The number of allylic oxidation sites excluding steroid dienone is 4. The molecule has 9 N–H and O–H groups in total. The Morgan fingerprint density at radius 3 is 2.00 bits per heavy atom. The molecule has 1 saturated heterocycles. The first-order valence-corrected chi connectivity index (χ1v) is 21.2. The van der Waals surface area contributed by atoms with Crippen molar-refractivity contribution in [3.63, 3.8) is 0 Å². The fourth-order valence-electron chi connectivity index (χ4n) is 6.92. The number of anilines is 2. The lowest BCUT2D eigenvalue weighted by atomic mass is 10.1. The zero-order valence-electron chi connectivity index (χ0n) is 38.2. The predicted molar refractivity (Wildman–Crippen MR) is 252 cm³/mol. The third-order valence-electron chi connectivity index (χ3n) is 9.87. The molecule has 0 saturated carbocycles. The highest BCUT2D eigenvalue weighted by Gasteiger charge is 2.20. The second-order valence-electron chi connectivity index (χ2n) is 14.5. The van der Waals surface area contributed by atoms with Gasteiger partial charge in [-0.3, -0.25) is 39.2 Å². The number of benzene rings is 2. The molecule has 1 aliphatic heterocycles. The molecule has 0 bridgehead atoms. The number of hydrogen-bond acceptors (Lipinski definition) is 16. The van der Waals surface area contributed by atoms with Gasteiger partial charge in [-0.1, -0.05) is 12.2 Å². The summed E-state index contributed by atoms with van der Waals surface area (Å²) >= 11 is 0. The number of carbonyl (C=O) groups is 4. The van der Waals surface area contributed by atoms with E-state index >= 15 is 0 Å². The lowest BCUT2D eigenvalue weighted by Gasteiger charge is -2.26. The van der Waals surface area contributed by atoms with Crippen LogP contribution in [0.25, 0.3) is 22.1 Å². The van der Waals surface area contributed by atoms with Gasteiger partial charge in [0.1, 0.15) is 28.2 Å². The van der Waals surface area contributed by atoms with Crippen molar-refractivity contribution in [2.24, 2.45) is 22.3 Å². The molecule has 6 rings (SSSR count). The minimum atomic E-state index is -0.547. The van der Waals surface area contributed by atoms with Crippen LogP contribution in [0.2, 0.25) is 0 Å². The molecule has 0 spiro atoms. The standard InChI is InChI=1S/C30H40N10O5.C7H10N2O.C7H12N2O/c1-33-29-36-22-16-20(28(42)37-32)18-23(43-3)25(22)39(29)8-4-5-9-40-26-21(35-30(40)34-2)15-19(27(31)41)17-24(26)45-12-6-7-38-10-13-44-14-11-38;1-3-9-7(5-10)4-6(2)8-9;1-3-9-7(5-10)4-6(2)8/h4-5,15-18H,6-14,32H2,1-3H3,(H2,31,41)(H,33,36)(H,34,35)(H,37,42);4-5H,3H2,1-2H3;4-5H,3,8H2,1-2H3/b5-4+;;6-4-,9-7?. The number of imidazole rings is 2. The number of fused-ring (bicyclic) bond motifs is 2. The summed E-state index contributed by atoms with van der Waals surface area (Å²) in [6.45, 7) is 14.4. The summed E-state index contributed by atoms with van der Waals surface area (Å²) in [6.07, 6.45) is 7.91. The molecule has 5 aromatic rings. The van der Waals surface area contributed by atoms with Gasteiger partial charge in [-0.2, -0.15) is 5.10 Å². The van der Waals surface area contributed by atoms with Crippen LogP contribution in [0.15, 0.2) is 59.2 Å². The Balaban J connectivity index is 0.000000380. The third-order valence-corrected chi connectivity index (χ3v) is 9.87. The minimum Gasteiger partial charge on any atom is -0.494 e. The van der Waals surface area contributed by atoms with Crippen LogP contribution in [0.4, 0.5) is 11.9 Å². The van der Waals surface area contributed by atoms with Crippen molar-refractivity contribution >= 4 is 64.1 Å². The molecule has 4 heterocycles. The van der Waals surface area contributed by atoms with Crippen molar-refractivity contribution in [3.8, 4) is 11.5 Å². The van der Waals surface area contributed by atoms with E-state index in [1.807, 2.05) is 42.1 Å². The highest BCUT2D eigenvalue weighted by atomic mass is 16.5. The fourth-order valence-corrected chi connectivity index (χ4v) is 6.92. The Bertz CT molecular complexity index is 2490. The summed E-state index contributed by atoms with van der Waals surface area (Å²) in [5, 5.41) is 10.3. The van der Waals surface area contributed by atoms with Gasteiger partial charge in [0.05, 0.1) is 49.4 Å². The van der Waals surface area contributed by atoms with E-state index in [-0.39, 0.29) is 0 Å². The molecule has 65 heavy (non-hydrogen) atoms. The largest absolute Gasteiger partial charge is 0.494 e. The zero-order chi connectivity index (χ0) is 47.5. The number of nitrogens with zero attached hydrogens (tertiary/aromatic N) is 8. The summed E-state index contributed by atoms with van der Waals surface area (Å²) in [5.41, 5.74) is 19.0. The molecule has 0 atom stereocenters. The van der Waals surface area contributed by atoms with Gasteiger partial charge in [0, 0.05) is 76.7 Å². The lowest BCUT2D eigenvalue weighted by Crippen LogP contribution is -2.37. The first-order valence-electron chi connectivity index (χ1n) is 21.2. The number of amides is 2. The summed E-state index contributed by atoms with van der Waals surface area (Å²) in [7, 11) is 5.11. The number of nitrogens with one attached hydrogen (secondary N) is 3. The first kappa shape index (κ1) is 50.5. The van der Waals surface area contributed by atoms with Crippen molar-refractivity contribution in [1.29, 1.82) is 0 Å². The number of hydrazine groups is 1. The molecular formula is C44H62N14O7. The van der Waals surface area contributed by atoms with E-state index in [1.165, 1.54) is 0 Å². The quantitative estimate of drug-likeness (QED) is 0.0132. The number of primary amides is 1. The Labute approximate surface area is 378 Å². The minimum absolute atomic E-state index is 0.334. The maximum Gasteiger partial charge on any atom is 0.265 e. The van der Waals surface area contributed by atoms with Crippen LogP contribution in [0.5, 0.6) is 11.5 Å². The molecule has 2 amide bonds. The van der Waals surface area contributed by atoms with Gasteiger partial charge in [0.25, 0.3) is 5.91 Å². The van der Waals surface area contributed by atoms with Crippen LogP contribution in [-0.2, 0) is 29.2 Å². The molecule has 0 radical (unpaired) electrons. The number of nitrogens with two attached hydrogens (primary N) is 3. The average molecular weight is 899 g/mol. The average Bonchev–Trinajstić information content (AvgIpc) is 4.00. The number of hydrogen-bond donors (Lipinski definition) is 6. The van der Waals surface area contributed by atoms with Crippen molar-refractivity contribution in [3.05, 3.63) is 76.8 Å². The van der Waals surface area contributed by atoms with Crippen molar-refractivity contribution < 1.29 is 33.4 Å². The smallest absolute Gasteiger partial charge is 0.265 e. The van der Waals surface area contributed by atoms with Crippen LogP contribution in [0.3, 0.4) is 0 Å². The number of rotatable bonds is 19. The van der Waals surface area contributed by atoms with Crippen LogP contribution in [-0.4, -0.2) is 131 Å². The highest BCUT2D eigenvalue weighted by Crippen LogP contribution is 2.32. The van der Waals surface area contributed by atoms with Gasteiger partial charge in [-0.25, -0.2) is 15.8 Å². The molecule has 0 aliphatic carbocycles. The maximum atomic E-state index is 12.2. The monoisotopic (exact) mass is 898 g/mol. The fraction of sp³-hybridized carbons (Fsp3) is 0.409. The van der Waals surface area contributed by atoms with Crippen LogP contribution in [0, 0.1) is 6.92 Å². The second kappa shape index (κ2) is 25.3. The van der Waals surface area contributed by atoms with E-state index in [4.69, 9.17) is 36.5 Å². The van der Waals surface area contributed by atoms with Gasteiger partial charge >= 0.3 is 0 Å². The van der Waals surface area contributed by atoms with Gasteiger partial charge < -0.3 is 45.4 Å². The third kappa shape index (κ3) is 13.7. The van der Waals surface area contributed by atoms with Crippen molar-refractivity contribution in [2.45, 2.75) is 53.8 Å². The SMILES string of the molecule is CCN=C(C=O)/C=C(/C)N.CCn1nc(C)cc1C=O.CNc1nc2cc(C(=O)NN)cc(OC)c2n1C/C=C/Cn1c(NC)nc2cc(C(N)=O)cc(OCCCN3CCOCC3)c21. The Morgan fingerprint density at radius 1 is 0.908 bits per heavy atom. The Morgan fingerprint density at radius 2 is 1.51 bits per heavy atom. The molecule has 0 unspecified atom stereocenters. The molecule has 21 heteroatoms. The number of aldehydes is 2. The summed E-state index contributed by atoms with van der Waals surface area (Å²) in [6, 6.07) is 8.44. The van der Waals surface area contributed by atoms with Crippen LogP contribution in [0.1, 0.15) is 64.1 Å². The van der Waals surface area contributed by atoms with Gasteiger partial charge in [0.2, 0.25) is 17.8 Å². The number of aryl methyl sites for hydroxylation is 2. The number of nitrogen functional groups attached to an aromatic ring is 1. The molecule has 1 fully saturated rings. The summed E-state index contributed by atoms with van der Waals surface area (Å²) in [4.78, 5) is 60.4. The predicted octanol–water partition coefficient (Wildman–Crippen LogP) is 3.07. The second-order valence-corrected chi connectivity index (χ2v) is 14.5. The number of aromatic nitrogens is 6. The van der Waals surface area contributed by atoms with Gasteiger partial charge in [-0.15, -0.1) is 0 Å². The van der Waals surface area contributed by atoms with E-state index in [1.54, 1.807) is 69.2 Å². The van der Waals surface area contributed by atoms with E-state index in [0.717, 1.165) is 68.8 Å². The van der Waals surface area contributed by atoms with E-state index in [2.05, 4.69) is 36.0 Å². The molecular weight excluding hydrogens is 837 g/mol. The Kier molecular flexibility index (Phi) is 19.6. The van der Waals surface area contributed by atoms with E-state index < -0.39 is 11.8 Å². The van der Waals surface area contributed by atoms with Crippen LogP contribution < -0.4 is 42.8 Å². The molecule has 3 aromatic heterocycles. The zero-order valence-corrected chi connectivity index (χ0v) is 38.2. The first-order chi connectivity index (χ1) is 31.4. The van der Waals surface area contributed by atoms with Crippen LogP contribution >= 0.6 is 0 Å². The number of carbonyl (C=O) groups excluding carboxylic acids is 4.